The highest BCUT2D eigenvalue weighted by molar-refractivity contribution is 7.09. The van der Waals surface area contributed by atoms with E-state index >= 15 is 0 Å². The summed E-state index contributed by atoms with van der Waals surface area (Å²) in [6.45, 7) is 4.56. The number of thiazole rings is 1. The summed E-state index contributed by atoms with van der Waals surface area (Å²) in [4.78, 5) is 18.3. The Morgan fingerprint density at radius 2 is 2.56 bits per heavy atom. The van der Waals surface area contributed by atoms with Gasteiger partial charge in [0.1, 0.15) is 6.04 Å². The molecular weight excluding hydrogens is 252 g/mol. The van der Waals surface area contributed by atoms with E-state index in [-0.39, 0.29) is 12.0 Å². The highest BCUT2D eigenvalue weighted by atomic mass is 32.1. The van der Waals surface area contributed by atoms with E-state index in [9.17, 15) is 4.79 Å². The lowest BCUT2D eigenvalue weighted by atomic mass is 10.2. The van der Waals surface area contributed by atoms with Crippen LogP contribution in [-0.2, 0) is 27.2 Å². The molecule has 0 saturated carbocycles. The van der Waals surface area contributed by atoms with Crippen molar-refractivity contribution in [3.05, 3.63) is 16.1 Å². The molecule has 0 bridgehead atoms. The third-order valence-corrected chi connectivity index (χ3v) is 4.02. The molecule has 2 heterocycles. The smallest absolute Gasteiger partial charge is 0.325 e. The fourth-order valence-electron chi connectivity index (χ4n) is 1.97. The number of hydrogen-bond acceptors (Lipinski definition) is 6. The summed E-state index contributed by atoms with van der Waals surface area (Å²) in [6.07, 6.45) is 0.953. The number of rotatable bonds is 4. The van der Waals surface area contributed by atoms with Gasteiger partial charge in [-0.1, -0.05) is 6.92 Å². The number of nitrogens with zero attached hydrogens (tertiary/aromatic N) is 2. The number of methoxy groups -OCH3 is 1. The van der Waals surface area contributed by atoms with Gasteiger partial charge in [-0.3, -0.25) is 9.69 Å². The minimum atomic E-state index is -0.310. The zero-order chi connectivity index (χ0) is 13.0. The monoisotopic (exact) mass is 270 g/mol. The minimum Gasteiger partial charge on any atom is -0.468 e. The molecule has 1 unspecified atom stereocenters. The predicted octanol–water partition coefficient (Wildman–Crippen LogP) is 1.08. The summed E-state index contributed by atoms with van der Waals surface area (Å²) in [5.41, 5.74) is 1.02. The Morgan fingerprint density at radius 3 is 3.22 bits per heavy atom. The van der Waals surface area contributed by atoms with Gasteiger partial charge in [-0.2, -0.15) is 0 Å². The Kier molecular flexibility index (Phi) is 4.68. The van der Waals surface area contributed by atoms with Crippen LogP contribution in [-0.4, -0.2) is 48.8 Å². The molecule has 0 N–H and O–H groups in total. The van der Waals surface area contributed by atoms with Crippen LogP contribution in [0.15, 0.2) is 5.38 Å². The molecule has 100 valence electrons. The van der Waals surface area contributed by atoms with E-state index in [1.165, 1.54) is 7.11 Å². The van der Waals surface area contributed by atoms with Gasteiger partial charge < -0.3 is 9.47 Å². The second-order valence-electron chi connectivity index (χ2n) is 4.17. The molecule has 18 heavy (non-hydrogen) atoms. The Morgan fingerprint density at radius 1 is 1.72 bits per heavy atom. The van der Waals surface area contributed by atoms with Crippen LogP contribution in [0.25, 0.3) is 0 Å². The Bertz CT molecular complexity index is 408. The first-order valence-corrected chi connectivity index (χ1v) is 6.95. The lowest BCUT2D eigenvalue weighted by molar-refractivity contribution is -0.153. The standard InChI is InChI=1S/C12H18N2O3S/c1-3-11-13-9(8-18-11)6-14-4-5-17-7-10(14)12(15)16-2/h8,10H,3-7H2,1-2H3. The van der Waals surface area contributed by atoms with E-state index < -0.39 is 0 Å². The molecular formula is C12H18N2O3S. The van der Waals surface area contributed by atoms with Crippen molar-refractivity contribution >= 4 is 17.3 Å². The van der Waals surface area contributed by atoms with Crippen LogP contribution in [0, 0.1) is 0 Å². The zero-order valence-electron chi connectivity index (χ0n) is 10.7. The molecule has 6 heteroatoms. The van der Waals surface area contributed by atoms with Crippen molar-refractivity contribution < 1.29 is 14.3 Å². The first-order valence-electron chi connectivity index (χ1n) is 6.07. The molecule has 0 radical (unpaired) electrons. The second-order valence-corrected chi connectivity index (χ2v) is 5.11. The maximum atomic E-state index is 11.7. The van der Waals surface area contributed by atoms with Crippen molar-refractivity contribution in [3.8, 4) is 0 Å². The number of ether oxygens (including phenoxy) is 2. The van der Waals surface area contributed by atoms with E-state index in [1.54, 1.807) is 11.3 Å². The van der Waals surface area contributed by atoms with Gasteiger partial charge in [0.05, 0.1) is 31.0 Å². The zero-order valence-corrected chi connectivity index (χ0v) is 11.5. The van der Waals surface area contributed by atoms with Crippen molar-refractivity contribution in [3.63, 3.8) is 0 Å². The first kappa shape index (κ1) is 13.5. The number of esters is 1. The van der Waals surface area contributed by atoms with Crippen molar-refractivity contribution in [1.82, 2.24) is 9.88 Å². The van der Waals surface area contributed by atoms with Crippen molar-refractivity contribution in [1.29, 1.82) is 0 Å². The second kappa shape index (κ2) is 6.26. The van der Waals surface area contributed by atoms with Crippen molar-refractivity contribution in [2.45, 2.75) is 25.9 Å². The molecule has 0 amide bonds. The third kappa shape index (κ3) is 3.07. The number of morpholine rings is 1. The molecule has 1 aliphatic rings. The van der Waals surface area contributed by atoms with E-state index in [0.29, 0.717) is 19.8 Å². The van der Waals surface area contributed by atoms with E-state index in [4.69, 9.17) is 9.47 Å². The maximum absolute atomic E-state index is 11.7. The van der Waals surface area contributed by atoms with E-state index in [1.807, 2.05) is 0 Å². The van der Waals surface area contributed by atoms with Crippen LogP contribution in [0.3, 0.4) is 0 Å². The van der Waals surface area contributed by atoms with Gasteiger partial charge in [-0.25, -0.2) is 4.98 Å². The minimum absolute atomic E-state index is 0.236. The van der Waals surface area contributed by atoms with Gasteiger partial charge in [0, 0.05) is 18.5 Å². The van der Waals surface area contributed by atoms with Gasteiger partial charge in [-0.05, 0) is 6.42 Å². The number of carbonyl (C=O) groups excluding carboxylic acids is 1. The Balaban J connectivity index is 2.02. The Hall–Kier alpha value is -0.980. The molecule has 1 atom stereocenters. The van der Waals surface area contributed by atoms with Crippen molar-refractivity contribution in [2.75, 3.05) is 26.9 Å². The van der Waals surface area contributed by atoms with Crippen molar-refractivity contribution in [2.24, 2.45) is 0 Å². The fraction of sp³-hybridized carbons (Fsp3) is 0.667. The number of carbonyl (C=O) groups is 1. The summed E-state index contributed by atoms with van der Waals surface area (Å²) in [5, 5.41) is 3.19. The van der Waals surface area contributed by atoms with E-state index in [2.05, 4.69) is 22.2 Å². The molecule has 1 aliphatic heterocycles. The van der Waals surface area contributed by atoms with Gasteiger partial charge >= 0.3 is 5.97 Å². The fourth-order valence-corrected chi connectivity index (χ4v) is 2.71. The van der Waals surface area contributed by atoms with Gasteiger partial charge in [0.2, 0.25) is 0 Å². The molecule has 0 aliphatic carbocycles. The molecule has 1 aromatic heterocycles. The van der Waals surface area contributed by atoms with Gasteiger partial charge in [0.25, 0.3) is 0 Å². The highest BCUT2D eigenvalue weighted by Crippen LogP contribution is 2.16. The number of hydrogen-bond donors (Lipinski definition) is 0. The predicted molar refractivity (Wildman–Crippen MR) is 68.5 cm³/mol. The van der Waals surface area contributed by atoms with Gasteiger partial charge in [0.15, 0.2) is 0 Å². The molecule has 1 saturated heterocycles. The summed E-state index contributed by atoms with van der Waals surface area (Å²) in [6, 6.07) is -0.310. The maximum Gasteiger partial charge on any atom is 0.325 e. The average Bonchev–Trinajstić information content (AvgIpc) is 2.86. The van der Waals surface area contributed by atoms with Crippen LogP contribution in [0.2, 0.25) is 0 Å². The number of aryl methyl sites for hydroxylation is 1. The molecule has 0 aromatic carbocycles. The molecule has 5 nitrogen and oxygen atoms in total. The lowest BCUT2D eigenvalue weighted by Crippen LogP contribution is -2.49. The first-order chi connectivity index (χ1) is 8.74. The summed E-state index contributed by atoms with van der Waals surface area (Å²) in [7, 11) is 1.41. The molecule has 1 fully saturated rings. The largest absolute Gasteiger partial charge is 0.468 e. The van der Waals surface area contributed by atoms with Crippen LogP contribution in [0.4, 0.5) is 0 Å². The van der Waals surface area contributed by atoms with Crippen LogP contribution >= 0.6 is 11.3 Å². The number of aromatic nitrogens is 1. The summed E-state index contributed by atoms with van der Waals surface area (Å²) < 4.78 is 10.1. The normalized spacial score (nSPS) is 20.9. The van der Waals surface area contributed by atoms with E-state index in [0.717, 1.165) is 23.7 Å². The molecule has 1 aromatic rings. The third-order valence-electron chi connectivity index (χ3n) is 2.98. The Labute approximate surface area is 111 Å². The van der Waals surface area contributed by atoms with Crippen LogP contribution in [0.1, 0.15) is 17.6 Å². The van der Waals surface area contributed by atoms with Crippen LogP contribution in [0.5, 0.6) is 0 Å². The summed E-state index contributed by atoms with van der Waals surface area (Å²) >= 11 is 1.67. The molecule has 0 spiro atoms. The average molecular weight is 270 g/mol. The van der Waals surface area contributed by atoms with Gasteiger partial charge in [-0.15, -0.1) is 11.3 Å². The highest BCUT2D eigenvalue weighted by Gasteiger charge is 2.30. The summed E-state index contributed by atoms with van der Waals surface area (Å²) in [5.74, 6) is -0.236. The molecule has 2 rings (SSSR count). The van der Waals surface area contributed by atoms with Crippen LogP contribution < -0.4 is 0 Å². The topological polar surface area (TPSA) is 51.7 Å². The lowest BCUT2D eigenvalue weighted by Gasteiger charge is -2.32. The quantitative estimate of drug-likeness (QED) is 0.766. The SMILES string of the molecule is CCc1nc(CN2CCOCC2C(=O)OC)cs1.